The summed E-state index contributed by atoms with van der Waals surface area (Å²) in [6.45, 7) is 3.48. The molecule has 3 aromatic rings. The second-order valence-electron chi connectivity index (χ2n) is 6.33. The van der Waals surface area contributed by atoms with Crippen molar-refractivity contribution in [2.75, 3.05) is 19.7 Å². The van der Waals surface area contributed by atoms with Gasteiger partial charge in [0.1, 0.15) is 11.9 Å². The largest absolute Gasteiger partial charge is 0.493 e. The zero-order valence-corrected chi connectivity index (χ0v) is 16.5. The minimum absolute atomic E-state index is 0.0322. The van der Waals surface area contributed by atoms with E-state index in [1.54, 1.807) is 11.1 Å². The molecule has 1 saturated heterocycles. The second kappa shape index (κ2) is 7.56. The van der Waals surface area contributed by atoms with Gasteiger partial charge in [0.05, 0.1) is 29.7 Å². The van der Waals surface area contributed by atoms with Gasteiger partial charge in [0.15, 0.2) is 0 Å². The maximum Gasteiger partial charge on any atom is 0.258 e. The highest BCUT2D eigenvalue weighted by atomic mass is 79.9. The van der Waals surface area contributed by atoms with Crippen LogP contribution >= 0.6 is 15.9 Å². The Bertz CT molecular complexity index is 986. The molecule has 1 aliphatic heterocycles. The van der Waals surface area contributed by atoms with Crippen molar-refractivity contribution in [3.8, 4) is 11.6 Å². The first-order valence-electron chi connectivity index (χ1n) is 8.88. The lowest BCUT2D eigenvalue weighted by atomic mass is 10.0. The molecule has 2 heterocycles. The van der Waals surface area contributed by atoms with Crippen molar-refractivity contribution in [2.24, 2.45) is 0 Å². The van der Waals surface area contributed by atoms with Crippen LogP contribution in [0.5, 0.6) is 11.6 Å². The molecule has 0 N–H and O–H groups in total. The fraction of sp³-hybridized carbons (Fsp3) is 0.238. The Morgan fingerprint density at radius 1 is 1.19 bits per heavy atom. The molecule has 27 heavy (non-hydrogen) atoms. The fourth-order valence-electron chi connectivity index (χ4n) is 3.20. The van der Waals surface area contributed by atoms with E-state index >= 15 is 0 Å². The molecule has 2 aromatic carbocycles. The summed E-state index contributed by atoms with van der Waals surface area (Å²) in [7, 11) is 0. The van der Waals surface area contributed by atoms with Gasteiger partial charge in [-0.3, -0.25) is 4.79 Å². The van der Waals surface area contributed by atoms with Gasteiger partial charge in [-0.15, -0.1) is 0 Å². The number of rotatable bonds is 5. The quantitative estimate of drug-likeness (QED) is 0.610. The third-order valence-corrected chi connectivity index (χ3v) is 5.15. The van der Waals surface area contributed by atoms with Crippen molar-refractivity contribution < 1.29 is 14.3 Å². The average Bonchev–Trinajstić information content (AvgIpc) is 2.65. The molecular formula is C21H19BrN2O3. The summed E-state index contributed by atoms with van der Waals surface area (Å²) in [6, 6.07) is 15.4. The molecule has 5 nitrogen and oxygen atoms in total. The van der Waals surface area contributed by atoms with Crippen LogP contribution in [0.3, 0.4) is 0 Å². The number of hydrogen-bond acceptors (Lipinski definition) is 4. The van der Waals surface area contributed by atoms with E-state index in [1.165, 1.54) is 0 Å². The van der Waals surface area contributed by atoms with Crippen molar-refractivity contribution in [3.63, 3.8) is 0 Å². The molecule has 0 unspecified atom stereocenters. The molecule has 0 atom stereocenters. The molecule has 1 aliphatic rings. The number of likely N-dealkylation sites (tertiary alicyclic amines) is 1. The van der Waals surface area contributed by atoms with Gasteiger partial charge in [0.25, 0.3) is 5.91 Å². The Kier molecular flexibility index (Phi) is 4.99. The van der Waals surface area contributed by atoms with E-state index in [0.29, 0.717) is 36.9 Å². The fourth-order valence-corrected chi connectivity index (χ4v) is 3.55. The molecule has 0 spiro atoms. The van der Waals surface area contributed by atoms with Gasteiger partial charge in [-0.2, -0.15) is 0 Å². The van der Waals surface area contributed by atoms with Crippen molar-refractivity contribution in [3.05, 3.63) is 64.8 Å². The van der Waals surface area contributed by atoms with Gasteiger partial charge >= 0.3 is 0 Å². The Balaban J connectivity index is 1.54. The summed E-state index contributed by atoms with van der Waals surface area (Å²) in [5.41, 5.74) is 0.618. The summed E-state index contributed by atoms with van der Waals surface area (Å²) in [6.07, 6.45) is 1.62. The molecule has 0 bridgehead atoms. The molecule has 4 rings (SSSR count). The third kappa shape index (κ3) is 3.49. The van der Waals surface area contributed by atoms with Crippen molar-refractivity contribution >= 4 is 32.6 Å². The van der Waals surface area contributed by atoms with Gasteiger partial charge in [-0.1, -0.05) is 30.3 Å². The summed E-state index contributed by atoms with van der Waals surface area (Å²) < 4.78 is 12.4. The topological polar surface area (TPSA) is 51.7 Å². The van der Waals surface area contributed by atoms with Crippen LogP contribution in [-0.2, 0) is 0 Å². The van der Waals surface area contributed by atoms with Crippen LogP contribution in [-0.4, -0.2) is 41.6 Å². The highest BCUT2D eigenvalue weighted by Crippen LogP contribution is 2.31. The van der Waals surface area contributed by atoms with Gasteiger partial charge in [0, 0.05) is 6.20 Å². The van der Waals surface area contributed by atoms with Crippen LogP contribution in [0.25, 0.3) is 10.8 Å². The number of fused-ring (bicyclic) bond motifs is 1. The lowest BCUT2D eigenvalue weighted by Crippen LogP contribution is -2.56. The first-order valence-corrected chi connectivity index (χ1v) is 9.67. The lowest BCUT2D eigenvalue weighted by Gasteiger charge is -2.39. The van der Waals surface area contributed by atoms with Crippen molar-refractivity contribution in [1.82, 2.24) is 9.88 Å². The average molecular weight is 427 g/mol. The predicted octanol–water partition coefficient (Wildman–Crippen LogP) is 4.30. The van der Waals surface area contributed by atoms with Crippen LogP contribution in [0.1, 0.15) is 17.3 Å². The number of benzene rings is 2. The van der Waals surface area contributed by atoms with Gasteiger partial charge in [0.2, 0.25) is 5.88 Å². The van der Waals surface area contributed by atoms with Crippen LogP contribution in [0.15, 0.2) is 59.2 Å². The van der Waals surface area contributed by atoms with E-state index in [9.17, 15) is 4.79 Å². The van der Waals surface area contributed by atoms with E-state index in [0.717, 1.165) is 15.2 Å². The van der Waals surface area contributed by atoms with Crippen LogP contribution in [0, 0.1) is 0 Å². The highest BCUT2D eigenvalue weighted by molar-refractivity contribution is 9.10. The Morgan fingerprint density at radius 2 is 2.00 bits per heavy atom. The summed E-state index contributed by atoms with van der Waals surface area (Å²) in [5.74, 6) is 1.14. The number of carbonyl (C=O) groups is 1. The van der Waals surface area contributed by atoms with E-state index in [-0.39, 0.29) is 12.0 Å². The molecule has 0 aliphatic carbocycles. The number of aromatic nitrogens is 1. The van der Waals surface area contributed by atoms with Crippen LogP contribution in [0.2, 0.25) is 0 Å². The minimum Gasteiger partial charge on any atom is -0.493 e. The summed E-state index contributed by atoms with van der Waals surface area (Å²) in [4.78, 5) is 19.2. The molecule has 1 aromatic heterocycles. The van der Waals surface area contributed by atoms with Gasteiger partial charge in [-0.05, 0) is 51.8 Å². The number of carbonyl (C=O) groups excluding carboxylic acids is 1. The Hall–Kier alpha value is -2.60. The molecule has 138 valence electrons. The first kappa shape index (κ1) is 17.8. The first-order chi connectivity index (χ1) is 13.2. The van der Waals surface area contributed by atoms with Crippen molar-refractivity contribution in [2.45, 2.75) is 13.0 Å². The van der Waals surface area contributed by atoms with E-state index in [4.69, 9.17) is 9.47 Å². The van der Waals surface area contributed by atoms with E-state index in [2.05, 4.69) is 20.9 Å². The molecule has 6 heteroatoms. The smallest absolute Gasteiger partial charge is 0.258 e. The summed E-state index contributed by atoms with van der Waals surface area (Å²) in [5, 5.41) is 1.93. The molecule has 0 radical (unpaired) electrons. The Morgan fingerprint density at radius 3 is 2.78 bits per heavy atom. The number of hydrogen-bond donors (Lipinski definition) is 0. The number of amides is 1. The van der Waals surface area contributed by atoms with Crippen LogP contribution in [0.4, 0.5) is 0 Å². The van der Waals surface area contributed by atoms with Gasteiger partial charge < -0.3 is 14.4 Å². The number of halogens is 1. The molecular weight excluding hydrogens is 408 g/mol. The molecule has 1 fully saturated rings. The number of nitrogens with zero attached hydrogens (tertiary/aromatic N) is 2. The normalized spacial score (nSPS) is 14.1. The Labute approximate surface area is 166 Å². The SMILES string of the molecule is CCOc1ccc2ccccc2c1C(=O)N1CC(Oc2ncccc2Br)C1. The summed E-state index contributed by atoms with van der Waals surface area (Å²) >= 11 is 3.43. The maximum absolute atomic E-state index is 13.2. The molecule has 1 amide bonds. The van der Waals surface area contributed by atoms with E-state index in [1.807, 2.05) is 55.5 Å². The number of pyridine rings is 1. The zero-order chi connectivity index (χ0) is 18.8. The lowest BCUT2D eigenvalue weighted by molar-refractivity contribution is 0.0156. The van der Waals surface area contributed by atoms with Crippen molar-refractivity contribution in [1.29, 1.82) is 0 Å². The minimum atomic E-state index is -0.0642. The third-order valence-electron chi connectivity index (χ3n) is 4.54. The standard InChI is InChI=1S/C21H19BrN2O3/c1-2-26-18-10-9-14-6-3-4-7-16(14)19(18)21(25)24-12-15(13-24)27-20-17(22)8-5-11-23-20/h3-11,15H,2,12-13H2,1H3. The van der Waals surface area contributed by atoms with Gasteiger partial charge in [-0.25, -0.2) is 4.98 Å². The number of ether oxygens (including phenoxy) is 2. The maximum atomic E-state index is 13.2. The van der Waals surface area contributed by atoms with E-state index < -0.39 is 0 Å². The highest BCUT2D eigenvalue weighted by Gasteiger charge is 2.35. The molecule has 0 saturated carbocycles. The zero-order valence-electron chi connectivity index (χ0n) is 14.9. The monoisotopic (exact) mass is 426 g/mol. The van der Waals surface area contributed by atoms with Crippen LogP contribution < -0.4 is 9.47 Å². The second-order valence-corrected chi connectivity index (χ2v) is 7.19. The predicted molar refractivity (Wildman–Crippen MR) is 107 cm³/mol.